The van der Waals surface area contributed by atoms with Crippen LogP contribution >= 0.6 is 0 Å². The second-order valence-corrected chi connectivity index (χ2v) is 11.6. The normalized spacial score (nSPS) is 14.9. The van der Waals surface area contributed by atoms with Crippen LogP contribution in [0.3, 0.4) is 0 Å². The highest BCUT2D eigenvalue weighted by molar-refractivity contribution is 5.94. The van der Waals surface area contributed by atoms with E-state index in [4.69, 9.17) is 24.9 Å². The molecule has 0 spiro atoms. The number of ether oxygens (including phenoxy) is 3. The first-order valence-corrected chi connectivity index (χ1v) is 14.5. The van der Waals surface area contributed by atoms with Crippen molar-refractivity contribution in [1.82, 2.24) is 19.7 Å². The summed E-state index contributed by atoms with van der Waals surface area (Å²) in [5.74, 6) is 2.34. The molecule has 1 atom stereocenters. The van der Waals surface area contributed by atoms with E-state index in [1.807, 2.05) is 61.7 Å². The second-order valence-electron chi connectivity index (χ2n) is 11.6. The van der Waals surface area contributed by atoms with Crippen LogP contribution in [0.25, 0.3) is 22.3 Å². The van der Waals surface area contributed by atoms with Crippen LogP contribution in [0.2, 0.25) is 0 Å². The molecule has 0 saturated heterocycles. The van der Waals surface area contributed by atoms with Crippen molar-refractivity contribution in [3.8, 4) is 22.8 Å². The van der Waals surface area contributed by atoms with Gasteiger partial charge < -0.3 is 30.6 Å². The number of hydrogen-bond donors (Lipinski definition) is 3. The minimum atomic E-state index is -0.557. The monoisotopic (exact) mass is 598 g/mol. The summed E-state index contributed by atoms with van der Waals surface area (Å²) < 4.78 is 18.4. The van der Waals surface area contributed by atoms with Gasteiger partial charge in [-0.2, -0.15) is 0 Å². The van der Waals surface area contributed by atoms with Crippen molar-refractivity contribution in [2.75, 3.05) is 19.5 Å². The average molecular weight is 599 g/mol. The number of fused-ring (bicyclic) bond motifs is 1. The molecule has 11 heteroatoms. The van der Waals surface area contributed by atoms with Crippen molar-refractivity contribution in [2.45, 2.75) is 58.2 Å². The number of benzene rings is 2. The molecule has 2 aromatic heterocycles. The van der Waals surface area contributed by atoms with Crippen LogP contribution in [-0.2, 0) is 11.3 Å². The summed E-state index contributed by atoms with van der Waals surface area (Å²) in [6, 6.07) is 12.7. The number of nitrogens with one attached hydrogen (secondary N) is 2. The third-order valence-corrected chi connectivity index (χ3v) is 7.36. The Bertz CT molecular complexity index is 1700. The van der Waals surface area contributed by atoms with E-state index in [9.17, 15) is 9.59 Å². The topological polar surface area (TPSA) is 142 Å². The van der Waals surface area contributed by atoms with Gasteiger partial charge in [-0.15, -0.1) is 0 Å². The van der Waals surface area contributed by atoms with Gasteiger partial charge in [0.15, 0.2) is 5.82 Å². The molecule has 1 unspecified atom stereocenters. The lowest BCUT2D eigenvalue weighted by molar-refractivity contribution is 0.0501. The van der Waals surface area contributed by atoms with E-state index in [0.717, 1.165) is 34.5 Å². The van der Waals surface area contributed by atoms with Crippen LogP contribution < -0.4 is 25.8 Å². The van der Waals surface area contributed by atoms with E-state index < -0.39 is 17.6 Å². The number of aromatic nitrogens is 3. The van der Waals surface area contributed by atoms with Crippen molar-refractivity contribution < 1.29 is 23.8 Å². The highest BCUT2D eigenvalue weighted by Crippen LogP contribution is 2.35. The molecule has 1 aliphatic carbocycles. The predicted molar refractivity (Wildman–Crippen MR) is 169 cm³/mol. The molecule has 4 aromatic rings. The lowest BCUT2D eigenvalue weighted by Crippen LogP contribution is -2.39. The van der Waals surface area contributed by atoms with E-state index in [1.54, 1.807) is 32.5 Å². The number of nitrogens with zero attached hydrogens (tertiary/aromatic N) is 3. The van der Waals surface area contributed by atoms with Crippen LogP contribution in [0, 0.1) is 0 Å². The average Bonchev–Trinajstić information content (AvgIpc) is 3.39. The summed E-state index contributed by atoms with van der Waals surface area (Å²) in [6.45, 7) is 5.99. The highest BCUT2D eigenvalue weighted by atomic mass is 16.6. The molecule has 2 aromatic carbocycles. The number of amides is 2. The number of carbonyl (C=O) groups excluding carboxylic acids is 2. The van der Waals surface area contributed by atoms with Gasteiger partial charge in [-0.3, -0.25) is 9.20 Å². The van der Waals surface area contributed by atoms with E-state index in [-0.39, 0.29) is 6.04 Å². The van der Waals surface area contributed by atoms with Crippen molar-refractivity contribution in [3.63, 3.8) is 0 Å². The standard InChI is InChI=1S/C33H38N6O5/c1-33(2,3)44-32(41)37-24-13-10-22(11-14-24)31-38-27(20-6-8-21(9-7-20)29(34)40)28-30(35-16-17-39(28)31)36-19-23-12-15-25(42-4)18-26(23)43-5/h6-10,12,15-18,24H,11,13-14,19H2,1-5H3,(H2,34,40)(H,35,36)(H,37,41). The van der Waals surface area contributed by atoms with E-state index in [1.165, 1.54) is 0 Å². The third-order valence-electron chi connectivity index (χ3n) is 7.36. The Morgan fingerprint density at radius 1 is 1.09 bits per heavy atom. The van der Waals surface area contributed by atoms with Gasteiger partial charge in [0, 0.05) is 47.7 Å². The number of carbonyl (C=O) groups is 2. The molecule has 0 fully saturated rings. The Kier molecular flexibility index (Phi) is 8.75. The van der Waals surface area contributed by atoms with Crippen molar-refractivity contribution in [1.29, 1.82) is 0 Å². The maximum atomic E-state index is 12.3. The molecule has 44 heavy (non-hydrogen) atoms. The van der Waals surface area contributed by atoms with E-state index >= 15 is 0 Å². The minimum Gasteiger partial charge on any atom is -0.497 e. The summed E-state index contributed by atoms with van der Waals surface area (Å²) in [6.07, 6.45) is 7.45. The molecule has 4 N–H and O–H groups in total. The Hall–Kier alpha value is -5.06. The van der Waals surface area contributed by atoms with Gasteiger partial charge in [0.05, 0.1) is 14.2 Å². The number of anilines is 1. The molecule has 11 nitrogen and oxygen atoms in total. The molecule has 5 rings (SSSR count). The van der Waals surface area contributed by atoms with Crippen LogP contribution in [0.4, 0.5) is 10.6 Å². The number of hydrogen-bond acceptors (Lipinski definition) is 8. The summed E-state index contributed by atoms with van der Waals surface area (Å²) >= 11 is 0. The minimum absolute atomic E-state index is 0.0287. The second kappa shape index (κ2) is 12.7. The van der Waals surface area contributed by atoms with Crippen LogP contribution in [0.15, 0.2) is 60.9 Å². The molecule has 1 aliphatic rings. The summed E-state index contributed by atoms with van der Waals surface area (Å²) in [5.41, 5.74) is 9.66. The number of methoxy groups -OCH3 is 2. The van der Waals surface area contributed by atoms with Gasteiger partial charge in [0.1, 0.15) is 34.1 Å². The number of rotatable bonds is 9. The zero-order valence-corrected chi connectivity index (χ0v) is 25.6. The molecular weight excluding hydrogens is 560 g/mol. The fourth-order valence-corrected chi connectivity index (χ4v) is 5.21. The number of imidazole rings is 1. The molecule has 0 saturated carbocycles. The van der Waals surface area contributed by atoms with E-state index in [0.29, 0.717) is 48.0 Å². The Morgan fingerprint density at radius 2 is 1.86 bits per heavy atom. The molecule has 2 heterocycles. The maximum Gasteiger partial charge on any atom is 0.407 e. The first-order chi connectivity index (χ1) is 21.1. The highest BCUT2D eigenvalue weighted by Gasteiger charge is 2.25. The van der Waals surface area contributed by atoms with Gasteiger partial charge in [-0.05, 0) is 69.9 Å². The largest absolute Gasteiger partial charge is 0.497 e. The number of primary amides is 1. The summed E-state index contributed by atoms with van der Waals surface area (Å²) in [5, 5.41) is 6.45. The Morgan fingerprint density at radius 3 is 2.50 bits per heavy atom. The van der Waals surface area contributed by atoms with Gasteiger partial charge in [0.2, 0.25) is 5.91 Å². The molecule has 2 amide bonds. The third kappa shape index (κ3) is 6.77. The Labute approximate surface area is 256 Å². The fraction of sp³-hybridized carbons (Fsp3) is 0.333. The lowest BCUT2D eigenvalue weighted by Gasteiger charge is -2.25. The SMILES string of the molecule is COc1ccc(CNc2nccn3c(C4=CCC(NC(=O)OC(C)(C)C)CC4)nc(-c4ccc(C(N)=O)cc4)c23)c(OC)c1. The fourth-order valence-electron chi connectivity index (χ4n) is 5.21. The number of nitrogens with two attached hydrogens (primary N) is 1. The van der Waals surface area contributed by atoms with Crippen molar-refractivity contribution in [3.05, 3.63) is 77.9 Å². The Balaban J connectivity index is 1.49. The van der Waals surface area contributed by atoms with Gasteiger partial charge in [0.25, 0.3) is 0 Å². The zero-order valence-electron chi connectivity index (χ0n) is 25.6. The first kappa shape index (κ1) is 30.4. The van der Waals surface area contributed by atoms with E-state index in [2.05, 4.69) is 21.7 Å². The first-order valence-electron chi connectivity index (χ1n) is 14.5. The summed E-state index contributed by atoms with van der Waals surface area (Å²) in [4.78, 5) is 33.8. The zero-order chi connectivity index (χ0) is 31.4. The smallest absolute Gasteiger partial charge is 0.407 e. The molecule has 230 valence electrons. The predicted octanol–water partition coefficient (Wildman–Crippen LogP) is 5.59. The van der Waals surface area contributed by atoms with Gasteiger partial charge in [-0.25, -0.2) is 14.8 Å². The number of alkyl carbamates (subject to hydrolysis) is 1. The molecule has 0 radical (unpaired) electrons. The van der Waals surface area contributed by atoms with Crippen molar-refractivity contribution in [2.24, 2.45) is 5.73 Å². The van der Waals surface area contributed by atoms with Crippen LogP contribution in [-0.4, -0.2) is 52.2 Å². The molecular formula is C33H38N6O5. The summed E-state index contributed by atoms with van der Waals surface area (Å²) in [7, 11) is 3.24. The number of allylic oxidation sites excluding steroid dienone is 1. The maximum absolute atomic E-state index is 12.3. The van der Waals surface area contributed by atoms with Crippen molar-refractivity contribution >= 4 is 28.9 Å². The van der Waals surface area contributed by atoms with Gasteiger partial charge in [-0.1, -0.05) is 18.2 Å². The molecule has 0 aliphatic heterocycles. The van der Waals surface area contributed by atoms with Gasteiger partial charge >= 0.3 is 6.09 Å². The van der Waals surface area contributed by atoms with Crippen LogP contribution in [0.1, 0.15) is 61.8 Å². The quantitative estimate of drug-likeness (QED) is 0.227. The van der Waals surface area contributed by atoms with Crippen LogP contribution in [0.5, 0.6) is 11.5 Å². The molecule has 0 bridgehead atoms. The lowest BCUT2D eigenvalue weighted by atomic mass is 9.95.